The van der Waals surface area contributed by atoms with E-state index in [0.717, 1.165) is 36.4 Å². The number of aryl methyl sites for hydroxylation is 1. The second kappa shape index (κ2) is 7.49. The van der Waals surface area contributed by atoms with Crippen LogP contribution in [0.25, 0.3) is 0 Å². The Balaban J connectivity index is 0.00000256. The van der Waals surface area contributed by atoms with Gasteiger partial charge < -0.3 is 14.7 Å². The summed E-state index contributed by atoms with van der Waals surface area (Å²) in [6, 6.07) is 16.4. The van der Waals surface area contributed by atoms with Crippen molar-refractivity contribution in [3.05, 3.63) is 65.2 Å². The van der Waals surface area contributed by atoms with Crippen LogP contribution in [0.1, 0.15) is 49.6 Å². The van der Waals surface area contributed by atoms with E-state index in [0.29, 0.717) is 17.9 Å². The van der Waals surface area contributed by atoms with Crippen LogP contribution in [0.2, 0.25) is 0 Å². The third-order valence-electron chi connectivity index (χ3n) is 6.60. The van der Waals surface area contributed by atoms with Crippen LogP contribution in [0.3, 0.4) is 0 Å². The second-order valence-electron chi connectivity index (χ2n) is 9.52. The van der Waals surface area contributed by atoms with Crippen molar-refractivity contribution in [3.63, 3.8) is 0 Å². The van der Waals surface area contributed by atoms with Crippen molar-refractivity contribution in [2.24, 2.45) is 11.3 Å². The van der Waals surface area contributed by atoms with E-state index >= 15 is 0 Å². The molecule has 0 aromatic heterocycles. The fraction of sp³-hybridized carbons (Fsp3) is 0.480. The van der Waals surface area contributed by atoms with E-state index in [-0.39, 0.29) is 19.4 Å². The minimum absolute atomic E-state index is 0. The highest BCUT2D eigenvalue weighted by Crippen LogP contribution is 2.59. The highest BCUT2D eigenvalue weighted by atomic mass is 16.5. The van der Waals surface area contributed by atoms with Gasteiger partial charge in [-0.3, -0.25) is 4.79 Å². The lowest BCUT2D eigenvalue weighted by Gasteiger charge is -2.32. The summed E-state index contributed by atoms with van der Waals surface area (Å²) in [6.45, 7) is 8.06. The second-order valence-corrected chi connectivity index (χ2v) is 9.52. The highest BCUT2D eigenvalue weighted by molar-refractivity contribution is 5.94. The van der Waals surface area contributed by atoms with Crippen molar-refractivity contribution in [1.29, 1.82) is 0 Å². The van der Waals surface area contributed by atoms with Crippen molar-refractivity contribution in [2.75, 3.05) is 26.3 Å². The molecular formula is C25H33NO3. The van der Waals surface area contributed by atoms with Crippen LogP contribution in [0, 0.1) is 18.3 Å². The van der Waals surface area contributed by atoms with Crippen molar-refractivity contribution >= 4 is 5.91 Å². The molecule has 2 fully saturated rings. The zero-order valence-electron chi connectivity index (χ0n) is 17.6. The number of aliphatic hydroxyl groups excluding tert-OH is 1. The third-order valence-corrected chi connectivity index (χ3v) is 6.60. The average Bonchev–Trinajstić information content (AvgIpc) is 3.48. The molecule has 0 spiro atoms. The van der Waals surface area contributed by atoms with E-state index in [9.17, 15) is 9.90 Å². The van der Waals surface area contributed by atoms with E-state index in [1.807, 2.05) is 43.9 Å². The quantitative estimate of drug-likeness (QED) is 0.787. The molecule has 2 aliphatic rings. The highest BCUT2D eigenvalue weighted by Gasteiger charge is 2.57. The Kier molecular flexibility index (Phi) is 5.16. The summed E-state index contributed by atoms with van der Waals surface area (Å²) in [5, 5.41) is 9.39. The maximum atomic E-state index is 13.1. The number of fused-ring (bicyclic) bond motifs is 1. The van der Waals surface area contributed by atoms with Crippen LogP contribution in [0.15, 0.2) is 48.5 Å². The molecule has 0 bridgehead atoms. The summed E-state index contributed by atoms with van der Waals surface area (Å²) in [5.74, 6) is 1.46. The lowest BCUT2D eigenvalue weighted by atomic mass is 9.87. The maximum absolute atomic E-state index is 13.1. The zero-order valence-corrected chi connectivity index (χ0v) is 17.6. The van der Waals surface area contributed by atoms with Gasteiger partial charge in [-0.2, -0.15) is 0 Å². The zero-order chi connectivity index (χ0) is 20.6. The molecule has 2 aromatic rings. The van der Waals surface area contributed by atoms with E-state index in [4.69, 9.17) is 4.74 Å². The van der Waals surface area contributed by atoms with Crippen LogP contribution >= 0.6 is 0 Å². The van der Waals surface area contributed by atoms with Gasteiger partial charge in [0, 0.05) is 30.9 Å². The van der Waals surface area contributed by atoms with E-state index < -0.39 is 0 Å². The Labute approximate surface area is 175 Å². The summed E-state index contributed by atoms with van der Waals surface area (Å²) in [4.78, 5) is 15.1. The van der Waals surface area contributed by atoms with Gasteiger partial charge in [-0.15, -0.1) is 0 Å². The van der Waals surface area contributed by atoms with Crippen molar-refractivity contribution in [1.82, 2.24) is 4.90 Å². The number of rotatable bonds is 6. The van der Waals surface area contributed by atoms with Crippen LogP contribution in [-0.2, 0) is 5.41 Å². The van der Waals surface area contributed by atoms with E-state index in [2.05, 4.69) is 30.3 Å². The van der Waals surface area contributed by atoms with Gasteiger partial charge in [-0.05, 0) is 55.0 Å². The Morgan fingerprint density at radius 2 is 2.03 bits per heavy atom. The number of piperidine rings is 1. The van der Waals surface area contributed by atoms with Crippen molar-refractivity contribution in [2.45, 2.75) is 39.0 Å². The average molecular weight is 396 g/mol. The molecule has 1 N–H and O–H groups in total. The van der Waals surface area contributed by atoms with Gasteiger partial charge in [-0.1, -0.05) is 44.2 Å². The molecule has 4 heteroatoms. The first-order valence-electron chi connectivity index (χ1n) is 10.5. The lowest BCUT2D eigenvalue weighted by Crippen LogP contribution is -2.40. The van der Waals surface area contributed by atoms with Crippen LogP contribution in [0.4, 0.5) is 0 Å². The Morgan fingerprint density at radius 1 is 1.28 bits per heavy atom. The molecule has 1 amide bonds. The largest absolute Gasteiger partial charge is 0.493 e. The van der Waals surface area contributed by atoms with Gasteiger partial charge in [-0.25, -0.2) is 0 Å². The third kappa shape index (κ3) is 3.91. The van der Waals surface area contributed by atoms with Gasteiger partial charge >= 0.3 is 0 Å². The topological polar surface area (TPSA) is 49.8 Å². The van der Waals surface area contributed by atoms with Gasteiger partial charge in [0.1, 0.15) is 5.75 Å². The molecular weight excluding hydrogens is 362 g/mol. The summed E-state index contributed by atoms with van der Waals surface area (Å²) >= 11 is 0. The molecule has 29 heavy (non-hydrogen) atoms. The molecule has 2 aromatic carbocycles. The maximum Gasteiger partial charge on any atom is 0.253 e. The SMILES string of the molecule is Cc1cc(C(=O)N2CC[C@@]3(c4ccccc4)CC3C2)ccc1OCC(C)(C)CO.[HH]. The van der Waals surface area contributed by atoms with Gasteiger partial charge in [0.25, 0.3) is 5.91 Å². The normalized spacial score (nSPS) is 23.4. The predicted molar refractivity (Wildman–Crippen MR) is 116 cm³/mol. The number of likely N-dealkylation sites (tertiary alicyclic amines) is 1. The lowest BCUT2D eigenvalue weighted by molar-refractivity contribution is 0.0707. The molecule has 156 valence electrons. The fourth-order valence-corrected chi connectivity index (χ4v) is 4.52. The Hall–Kier alpha value is -2.33. The Bertz CT molecular complexity index is 899. The molecule has 1 heterocycles. The summed E-state index contributed by atoms with van der Waals surface area (Å²) in [5.41, 5.74) is 3.12. The van der Waals surface area contributed by atoms with Crippen molar-refractivity contribution in [3.8, 4) is 5.75 Å². The van der Waals surface area contributed by atoms with Crippen LogP contribution in [0.5, 0.6) is 5.75 Å². The Morgan fingerprint density at radius 3 is 2.69 bits per heavy atom. The standard InChI is InChI=1S/C25H31NO3.H2/c1-18-13-19(9-10-22(18)29-17-24(2,3)16-27)23(28)26-12-11-25(14-21(25)15-26)20-7-5-4-6-8-20;/h4-10,13,21,27H,11-12,14-17H2,1-3H3;1H/t21?,25-;/m0./s1. The van der Waals surface area contributed by atoms with Crippen LogP contribution < -0.4 is 4.74 Å². The first-order chi connectivity index (χ1) is 13.8. The molecule has 1 aliphatic carbocycles. The number of hydrogen-bond donors (Lipinski definition) is 1. The number of benzene rings is 2. The molecule has 2 atom stereocenters. The minimum atomic E-state index is -0.287. The number of carbonyl (C=O) groups excluding carboxylic acids is 1. The van der Waals surface area contributed by atoms with Crippen molar-refractivity contribution < 1.29 is 16.1 Å². The summed E-state index contributed by atoms with van der Waals surface area (Å²) in [7, 11) is 0. The summed E-state index contributed by atoms with van der Waals surface area (Å²) < 4.78 is 5.87. The smallest absolute Gasteiger partial charge is 0.253 e. The monoisotopic (exact) mass is 395 g/mol. The van der Waals surface area contributed by atoms with E-state index in [1.165, 1.54) is 12.0 Å². The van der Waals surface area contributed by atoms with Gasteiger partial charge in [0.05, 0.1) is 13.2 Å². The molecule has 4 nitrogen and oxygen atoms in total. The molecule has 1 saturated heterocycles. The number of ether oxygens (including phenoxy) is 1. The predicted octanol–water partition coefficient (Wildman–Crippen LogP) is 4.44. The number of aliphatic hydroxyl groups is 1. The van der Waals surface area contributed by atoms with Gasteiger partial charge in [0.2, 0.25) is 0 Å². The summed E-state index contributed by atoms with van der Waals surface area (Å²) in [6.07, 6.45) is 2.23. The first kappa shape index (κ1) is 20.0. The number of hydrogen-bond acceptors (Lipinski definition) is 3. The van der Waals surface area contributed by atoms with Gasteiger partial charge in [0.15, 0.2) is 0 Å². The first-order valence-corrected chi connectivity index (χ1v) is 10.5. The fourth-order valence-electron chi connectivity index (χ4n) is 4.52. The number of carbonyl (C=O) groups is 1. The molecule has 1 aliphatic heterocycles. The minimum Gasteiger partial charge on any atom is -0.493 e. The molecule has 1 saturated carbocycles. The molecule has 1 unspecified atom stereocenters. The van der Waals surface area contributed by atoms with Crippen LogP contribution in [-0.4, -0.2) is 42.2 Å². The number of amides is 1. The number of nitrogens with zero attached hydrogens (tertiary/aromatic N) is 1. The molecule has 4 rings (SSSR count). The molecule has 0 radical (unpaired) electrons. The van der Waals surface area contributed by atoms with E-state index in [1.54, 1.807) is 0 Å².